The SMILES string of the molecule is N#CC(NC(=O)c1cccc(S(=O)(=O)N2CCCCC2)c1)c1ccccc1F. The van der Waals surface area contributed by atoms with Gasteiger partial charge in [-0.2, -0.15) is 9.57 Å². The zero-order valence-electron chi connectivity index (χ0n) is 15.1. The summed E-state index contributed by atoms with van der Waals surface area (Å²) >= 11 is 0. The van der Waals surface area contributed by atoms with Crippen LogP contribution in [0.2, 0.25) is 0 Å². The molecule has 8 heteroatoms. The largest absolute Gasteiger partial charge is 0.332 e. The van der Waals surface area contributed by atoms with E-state index in [1.54, 1.807) is 6.07 Å². The molecule has 6 nitrogen and oxygen atoms in total. The summed E-state index contributed by atoms with van der Waals surface area (Å²) in [5.41, 5.74) is 0.144. The minimum Gasteiger partial charge on any atom is -0.332 e. The van der Waals surface area contributed by atoms with Crippen LogP contribution in [0.25, 0.3) is 0 Å². The third-order valence-electron chi connectivity index (χ3n) is 4.67. The number of nitrogens with one attached hydrogen (secondary N) is 1. The maximum absolute atomic E-state index is 13.9. The Labute approximate surface area is 163 Å². The molecule has 2 aromatic carbocycles. The first kappa shape index (κ1) is 20.0. The van der Waals surface area contributed by atoms with Crippen molar-refractivity contribution in [2.45, 2.75) is 30.2 Å². The Kier molecular flexibility index (Phi) is 6.07. The van der Waals surface area contributed by atoms with Gasteiger partial charge in [0.25, 0.3) is 5.91 Å². The number of amides is 1. The van der Waals surface area contributed by atoms with Gasteiger partial charge >= 0.3 is 0 Å². The van der Waals surface area contributed by atoms with Gasteiger partial charge in [-0.05, 0) is 37.1 Å². The fourth-order valence-electron chi connectivity index (χ4n) is 3.16. The number of nitriles is 1. The van der Waals surface area contributed by atoms with Gasteiger partial charge < -0.3 is 5.32 Å². The van der Waals surface area contributed by atoms with Crippen molar-refractivity contribution in [3.8, 4) is 6.07 Å². The lowest BCUT2D eigenvalue weighted by molar-refractivity contribution is 0.0944. The van der Waals surface area contributed by atoms with E-state index >= 15 is 0 Å². The van der Waals surface area contributed by atoms with Crippen LogP contribution in [0.15, 0.2) is 53.4 Å². The first-order chi connectivity index (χ1) is 13.4. The lowest BCUT2D eigenvalue weighted by atomic mass is 10.1. The molecule has 1 unspecified atom stereocenters. The van der Waals surface area contributed by atoms with Crippen molar-refractivity contribution in [1.29, 1.82) is 5.26 Å². The number of rotatable bonds is 5. The minimum absolute atomic E-state index is 0.0291. The van der Waals surface area contributed by atoms with Gasteiger partial charge in [0.15, 0.2) is 0 Å². The molecule has 0 saturated carbocycles. The van der Waals surface area contributed by atoms with E-state index in [0.717, 1.165) is 19.3 Å². The van der Waals surface area contributed by atoms with E-state index in [4.69, 9.17) is 0 Å². The topological polar surface area (TPSA) is 90.3 Å². The highest BCUT2D eigenvalue weighted by Gasteiger charge is 2.27. The standard InChI is InChI=1S/C20H20FN3O3S/c21-18-10-3-2-9-17(18)19(14-22)23-20(25)15-7-6-8-16(13-15)28(26,27)24-11-4-1-5-12-24/h2-3,6-10,13,19H,1,4-5,11-12H2,(H,23,25). The zero-order valence-corrected chi connectivity index (χ0v) is 16.0. The second-order valence-electron chi connectivity index (χ2n) is 6.55. The molecule has 1 amide bonds. The quantitative estimate of drug-likeness (QED) is 0.834. The first-order valence-electron chi connectivity index (χ1n) is 8.98. The molecule has 1 fully saturated rings. The number of sulfonamides is 1. The summed E-state index contributed by atoms with van der Waals surface area (Å²) in [4.78, 5) is 12.6. The first-order valence-corrected chi connectivity index (χ1v) is 10.4. The monoisotopic (exact) mass is 401 g/mol. The van der Waals surface area contributed by atoms with E-state index in [1.807, 2.05) is 6.07 Å². The predicted octanol–water partition coefficient (Wildman–Crippen LogP) is 2.99. The van der Waals surface area contributed by atoms with Gasteiger partial charge in [0.05, 0.1) is 11.0 Å². The molecule has 2 aromatic rings. The Bertz CT molecular complexity index is 1010. The number of piperidine rings is 1. The second kappa shape index (κ2) is 8.50. The van der Waals surface area contributed by atoms with Crippen molar-refractivity contribution >= 4 is 15.9 Å². The van der Waals surface area contributed by atoms with E-state index in [9.17, 15) is 22.9 Å². The van der Waals surface area contributed by atoms with Crippen LogP contribution in [0.4, 0.5) is 4.39 Å². The van der Waals surface area contributed by atoms with Crippen molar-refractivity contribution in [3.63, 3.8) is 0 Å². The predicted molar refractivity (Wildman–Crippen MR) is 101 cm³/mol. The van der Waals surface area contributed by atoms with Gasteiger partial charge in [-0.25, -0.2) is 12.8 Å². The van der Waals surface area contributed by atoms with Gasteiger partial charge in [0, 0.05) is 24.2 Å². The average molecular weight is 401 g/mol. The number of nitrogens with zero attached hydrogens (tertiary/aromatic N) is 2. The van der Waals surface area contributed by atoms with Gasteiger partial charge in [-0.1, -0.05) is 30.7 Å². The molecule has 1 N–H and O–H groups in total. The molecule has 1 atom stereocenters. The Hall–Kier alpha value is -2.76. The number of carbonyl (C=O) groups excluding carboxylic acids is 1. The Morgan fingerprint density at radius 1 is 1.11 bits per heavy atom. The number of carbonyl (C=O) groups is 1. The van der Waals surface area contributed by atoms with Crippen LogP contribution < -0.4 is 5.32 Å². The lowest BCUT2D eigenvalue weighted by Crippen LogP contribution is -2.35. The van der Waals surface area contributed by atoms with Crippen molar-refractivity contribution in [2.24, 2.45) is 0 Å². The summed E-state index contributed by atoms with van der Waals surface area (Å²) in [6.45, 7) is 0.922. The number of hydrogen-bond acceptors (Lipinski definition) is 4. The van der Waals surface area contributed by atoms with Crippen LogP contribution >= 0.6 is 0 Å². The van der Waals surface area contributed by atoms with Crippen LogP contribution in [0.3, 0.4) is 0 Å². The summed E-state index contributed by atoms with van der Waals surface area (Å²) < 4.78 is 40.9. The molecule has 0 radical (unpaired) electrons. The lowest BCUT2D eigenvalue weighted by Gasteiger charge is -2.26. The summed E-state index contributed by atoms with van der Waals surface area (Å²) in [5.74, 6) is -1.25. The number of benzene rings is 2. The minimum atomic E-state index is -3.68. The van der Waals surface area contributed by atoms with Crippen LogP contribution in [0, 0.1) is 17.1 Å². The molecule has 3 rings (SSSR count). The summed E-state index contributed by atoms with van der Waals surface area (Å²) in [5, 5.41) is 11.8. The smallest absolute Gasteiger partial charge is 0.252 e. The molecule has 1 heterocycles. The highest BCUT2D eigenvalue weighted by molar-refractivity contribution is 7.89. The molecule has 0 aromatic heterocycles. The molecule has 0 bridgehead atoms. The molecule has 0 aliphatic carbocycles. The van der Waals surface area contributed by atoms with Crippen LogP contribution in [0.5, 0.6) is 0 Å². The van der Waals surface area contributed by atoms with Crippen molar-refractivity contribution in [1.82, 2.24) is 9.62 Å². The van der Waals surface area contributed by atoms with Crippen molar-refractivity contribution in [2.75, 3.05) is 13.1 Å². The highest BCUT2D eigenvalue weighted by Crippen LogP contribution is 2.22. The normalized spacial score (nSPS) is 16.1. The van der Waals surface area contributed by atoms with Crippen LogP contribution in [0.1, 0.15) is 41.2 Å². The Morgan fingerprint density at radius 3 is 2.50 bits per heavy atom. The molecular weight excluding hydrogens is 381 g/mol. The van der Waals surface area contributed by atoms with Gasteiger partial charge in [0.1, 0.15) is 11.9 Å². The molecule has 1 aliphatic heterocycles. The Balaban J connectivity index is 1.82. The maximum Gasteiger partial charge on any atom is 0.252 e. The molecule has 1 aliphatic rings. The van der Waals surface area contributed by atoms with Crippen molar-refractivity contribution < 1.29 is 17.6 Å². The number of hydrogen-bond donors (Lipinski definition) is 1. The molecule has 28 heavy (non-hydrogen) atoms. The third kappa shape index (κ3) is 4.21. The maximum atomic E-state index is 13.9. The van der Waals surface area contributed by atoms with Crippen molar-refractivity contribution in [3.05, 3.63) is 65.5 Å². The fraction of sp³-hybridized carbons (Fsp3) is 0.300. The Morgan fingerprint density at radius 2 is 1.82 bits per heavy atom. The highest BCUT2D eigenvalue weighted by atomic mass is 32.2. The van der Waals surface area contributed by atoms with Gasteiger partial charge in [-0.15, -0.1) is 0 Å². The van der Waals surface area contributed by atoms with E-state index in [2.05, 4.69) is 5.32 Å². The third-order valence-corrected chi connectivity index (χ3v) is 6.56. The van der Waals surface area contributed by atoms with Crippen LogP contribution in [-0.2, 0) is 10.0 Å². The molecule has 0 spiro atoms. The fourth-order valence-corrected chi connectivity index (χ4v) is 4.72. The molecule has 146 valence electrons. The summed E-state index contributed by atoms with van der Waals surface area (Å²) in [7, 11) is -3.68. The van der Waals surface area contributed by atoms with Gasteiger partial charge in [0.2, 0.25) is 10.0 Å². The van der Waals surface area contributed by atoms with Crippen LogP contribution in [-0.4, -0.2) is 31.7 Å². The summed E-state index contributed by atoms with van der Waals surface area (Å²) in [6, 6.07) is 12.0. The molecule has 1 saturated heterocycles. The summed E-state index contributed by atoms with van der Waals surface area (Å²) in [6.07, 6.45) is 2.62. The van der Waals surface area contributed by atoms with Gasteiger partial charge in [-0.3, -0.25) is 4.79 Å². The van der Waals surface area contributed by atoms with E-state index in [0.29, 0.717) is 13.1 Å². The average Bonchev–Trinajstić information content (AvgIpc) is 2.73. The van der Waals surface area contributed by atoms with E-state index in [1.165, 1.54) is 46.8 Å². The second-order valence-corrected chi connectivity index (χ2v) is 8.49. The van der Waals surface area contributed by atoms with E-state index in [-0.39, 0.29) is 16.0 Å². The number of halogens is 1. The zero-order chi connectivity index (χ0) is 20.1. The molecular formula is C20H20FN3O3S. The van der Waals surface area contributed by atoms with E-state index < -0.39 is 27.8 Å².